The Hall–Kier alpha value is -2.44. The number of hydrogen-bond donors (Lipinski definition) is 0. The number of rotatable bonds is 6. The largest absolute Gasteiger partial charge is 0.673 e. The normalized spacial score (nSPS) is 14.0. The second kappa shape index (κ2) is 11.3. The van der Waals surface area contributed by atoms with Gasteiger partial charge in [-0.15, -0.1) is 0 Å². The molecule has 0 aromatic heterocycles. The van der Waals surface area contributed by atoms with E-state index in [1.54, 1.807) is 0 Å². The van der Waals surface area contributed by atoms with Crippen LogP contribution in [0.2, 0.25) is 0 Å². The number of nitrogens with zero attached hydrogens (tertiary/aromatic N) is 2. The van der Waals surface area contributed by atoms with Gasteiger partial charge in [-0.2, -0.15) is 0 Å². The Balaban J connectivity index is 0.000000739. The minimum atomic E-state index is -6.00. The lowest BCUT2D eigenvalue weighted by atomic mass is 9.91. The number of para-hydroxylation sites is 2. The summed E-state index contributed by atoms with van der Waals surface area (Å²) in [7, 11) is -6.00. The Morgan fingerprint density at radius 2 is 0.794 bits per heavy atom. The Bertz CT molecular complexity index is 851. The van der Waals surface area contributed by atoms with E-state index in [4.69, 9.17) is 0 Å². The van der Waals surface area contributed by atoms with Crippen molar-refractivity contribution in [2.24, 2.45) is 0 Å². The van der Waals surface area contributed by atoms with E-state index in [2.05, 4.69) is 114 Å². The second-order valence-electron chi connectivity index (χ2n) is 10.1. The smallest absolute Gasteiger partial charge is 0.418 e. The molecular formula is C27H38BF4N2-. The maximum absolute atomic E-state index is 9.75. The van der Waals surface area contributed by atoms with Crippen molar-refractivity contribution in [1.29, 1.82) is 0 Å². The van der Waals surface area contributed by atoms with Gasteiger partial charge in [0.05, 0.1) is 6.67 Å². The van der Waals surface area contributed by atoms with Gasteiger partial charge in [0.15, 0.2) is 0 Å². The van der Waals surface area contributed by atoms with E-state index in [0.717, 1.165) is 6.67 Å². The first kappa shape index (κ1) is 27.8. The van der Waals surface area contributed by atoms with E-state index >= 15 is 0 Å². The van der Waals surface area contributed by atoms with E-state index in [9.17, 15) is 17.3 Å². The van der Waals surface area contributed by atoms with Crippen LogP contribution < -0.4 is 9.80 Å². The van der Waals surface area contributed by atoms with Gasteiger partial charge in [-0.1, -0.05) is 91.8 Å². The van der Waals surface area contributed by atoms with E-state index in [0.29, 0.717) is 23.7 Å². The van der Waals surface area contributed by atoms with Crippen LogP contribution >= 0.6 is 0 Å². The van der Waals surface area contributed by atoms with Gasteiger partial charge < -0.3 is 27.1 Å². The summed E-state index contributed by atoms with van der Waals surface area (Å²) >= 11 is 0. The first-order valence-electron chi connectivity index (χ1n) is 12.1. The molecule has 0 spiro atoms. The van der Waals surface area contributed by atoms with Crippen molar-refractivity contribution in [1.82, 2.24) is 0 Å². The van der Waals surface area contributed by atoms with Gasteiger partial charge in [0, 0.05) is 23.8 Å². The molecule has 188 valence electrons. The SMILES string of the molecule is CC(C)c1cccc(C(C)C)c1N1C=CN(c2c(C(C)C)cccc2C(C)C)C1.F[B-](F)(F)F. The molecule has 1 aliphatic rings. The predicted molar refractivity (Wildman–Crippen MR) is 138 cm³/mol. The number of benzene rings is 2. The molecule has 1 heterocycles. The molecule has 0 bridgehead atoms. The maximum Gasteiger partial charge on any atom is 0.673 e. The maximum atomic E-state index is 9.75. The fourth-order valence-electron chi connectivity index (χ4n) is 4.40. The lowest BCUT2D eigenvalue weighted by Crippen LogP contribution is -2.28. The molecule has 0 radical (unpaired) electrons. The monoisotopic (exact) mass is 477 g/mol. The quantitative estimate of drug-likeness (QED) is 0.302. The van der Waals surface area contributed by atoms with Crippen molar-refractivity contribution in [3.05, 3.63) is 71.1 Å². The molecule has 0 atom stereocenters. The molecule has 0 saturated carbocycles. The molecule has 7 heteroatoms. The van der Waals surface area contributed by atoms with Crippen LogP contribution in [0.5, 0.6) is 0 Å². The average molecular weight is 477 g/mol. The molecule has 0 unspecified atom stereocenters. The third-order valence-electron chi connectivity index (χ3n) is 5.99. The van der Waals surface area contributed by atoms with Gasteiger partial charge in [0.1, 0.15) is 0 Å². The molecule has 0 N–H and O–H groups in total. The Morgan fingerprint density at radius 1 is 0.559 bits per heavy atom. The molecular weight excluding hydrogens is 439 g/mol. The molecule has 0 amide bonds. The summed E-state index contributed by atoms with van der Waals surface area (Å²) in [6, 6.07) is 13.6. The summed E-state index contributed by atoms with van der Waals surface area (Å²) in [5, 5.41) is 0. The highest BCUT2D eigenvalue weighted by Gasteiger charge is 2.26. The zero-order valence-electron chi connectivity index (χ0n) is 21.6. The highest BCUT2D eigenvalue weighted by atomic mass is 19.5. The Labute approximate surface area is 202 Å². The lowest BCUT2D eigenvalue weighted by Gasteiger charge is -2.31. The average Bonchev–Trinajstić information content (AvgIpc) is 3.20. The molecule has 1 aliphatic heterocycles. The number of halogens is 4. The first-order valence-corrected chi connectivity index (χ1v) is 12.1. The van der Waals surface area contributed by atoms with Gasteiger partial charge in [-0.25, -0.2) is 0 Å². The summed E-state index contributed by atoms with van der Waals surface area (Å²) < 4.78 is 39.0. The van der Waals surface area contributed by atoms with Crippen LogP contribution in [0.3, 0.4) is 0 Å². The summed E-state index contributed by atoms with van der Waals surface area (Å²) in [6.45, 7) is 19.2. The van der Waals surface area contributed by atoms with Crippen molar-refractivity contribution in [2.75, 3.05) is 16.5 Å². The Kier molecular flexibility index (Phi) is 9.26. The van der Waals surface area contributed by atoms with Crippen LogP contribution in [-0.4, -0.2) is 13.9 Å². The molecule has 0 aliphatic carbocycles. The third kappa shape index (κ3) is 7.03. The molecule has 0 saturated heterocycles. The van der Waals surface area contributed by atoms with E-state index in [1.807, 2.05) is 0 Å². The van der Waals surface area contributed by atoms with E-state index in [1.165, 1.54) is 33.6 Å². The summed E-state index contributed by atoms with van der Waals surface area (Å²) in [4.78, 5) is 4.90. The molecule has 2 nitrogen and oxygen atoms in total. The zero-order chi connectivity index (χ0) is 25.8. The zero-order valence-corrected chi connectivity index (χ0v) is 21.6. The standard InChI is InChI=1S/C27H38N2.BF4/c1-18(2)22-11-9-12-23(19(3)4)26(22)28-15-16-29(17-28)27-24(20(5)6)13-10-14-25(27)21(7)8;2-1(3,4)5/h9-16,18-21H,17H2,1-8H3;/q;-1. The van der Waals surface area contributed by atoms with Crippen LogP contribution in [0.25, 0.3) is 0 Å². The molecule has 34 heavy (non-hydrogen) atoms. The minimum absolute atomic E-state index is 0.500. The van der Waals surface area contributed by atoms with Gasteiger partial charge in [0.2, 0.25) is 0 Å². The highest BCUT2D eigenvalue weighted by Crippen LogP contribution is 2.40. The lowest BCUT2D eigenvalue weighted by molar-refractivity contribution is 0.368. The van der Waals surface area contributed by atoms with Crippen LogP contribution in [0.4, 0.5) is 28.6 Å². The number of anilines is 2. The highest BCUT2D eigenvalue weighted by molar-refractivity contribution is 6.50. The van der Waals surface area contributed by atoms with E-state index < -0.39 is 7.25 Å². The van der Waals surface area contributed by atoms with Crippen molar-refractivity contribution in [3.8, 4) is 0 Å². The van der Waals surface area contributed by atoms with Gasteiger partial charge in [0.25, 0.3) is 0 Å². The summed E-state index contributed by atoms with van der Waals surface area (Å²) in [5.74, 6) is 2.00. The van der Waals surface area contributed by atoms with Crippen molar-refractivity contribution >= 4 is 18.6 Å². The predicted octanol–water partition coefficient (Wildman–Crippen LogP) is 9.24. The van der Waals surface area contributed by atoms with Crippen molar-refractivity contribution < 1.29 is 17.3 Å². The van der Waals surface area contributed by atoms with Crippen molar-refractivity contribution in [3.63, 3.8) is 0 Å². The van der Waals surface area contributed by atoms with Crippen LogP contribution in [0.1, 0.15) is 101 Å². The Morgan fingerprint density at radius 3 is 1.00 bits per heavy atom. The fraction of sp³-hybridized carbons (Fsp3) is 0.481. The van der Waals surface area contributed by atoms with E-state index in [-0.39, 0.29) is 0 Å². The van der Waals surface area contributed by atoms with Gasteiger partial charge in [-0.05, 0) is 45.9 Å². The summed E-state index contributed by atoms with van der Waals surface area (Å²) in [5.41, 5.74) is 8.52. The van der Waals surface area contributed by atoms with Gasteiger partial charge in [-0.3, -0.25) is 0 Å². The molecule has 2 aromatic carbocycles. The molecule has 0 fully saturated rings. The second-order valence-corrected chi connectivity index (χ2v) is 10.1. The third-order valence-corrected chi connectivity index (χ3v) is 5.99. The van der Waals surface area contributed by atoms with Crippen LogP contribution in [-0.2, 0) is 0 Å². The van der Waals surface area contributed by atoms with Gasteiger partial charge >= 0.3 is 7.25 Å². The van der Waals surface area contributed by atoms with Crippen molar-refractivity contribution in [2.45, 2.75) is 79.1 Å². The van der Waals surface area contributed by atoms with Crippen LogP contribution in [0, 0.1) is 0 Å². The summed E-state index contributed by atoms with van der Waals surface area (Å²) in [6.07, 6.45) is 4.54. The topological polar surface area (TPSA) is 6.48 Å². The minimum Gasteiger partial charge on any atom is -0.418 e. The molecule has 3 rings (SSSR count). The molecule has 2 aromatic rings. The fourth-order valence-corrected chi connectivity index (χ4v) is 4.40. The van der Waals surface area contributed by atoms with Crippen LogP contribution in [0.15, 0.2) is 48.8 Å². The first-order chi connectivity index (χ1) is 15.7. The number of hydrogen-bond acceptors (Lipinski definition) is 2.